The van der Waals surface area contributed by atoms with Gasteiger partial charge in [-0.25, -0.2) is 0 Å². The normalized spacial score (nSPS) is 12.3. The zero-order chi connectivity index (χ0) is 22.6. The van der Waals surface area contributed by atoms with Crippen LogP contribution in [-0.2, 0) is 14.9 Å². The van der Waals surface area contributed by atoms with E-state index in [1.165, 1.54) is 12.1 Å². The van der Waals surface area contributed by atoms with Gasteiger partial charge in [0.05, 0.1) is 17.1 Å². The molecule has 0 aliphatic rings. The second kappa shape index (κ2) is 12.5. The summed E-state index contributed by atoms with van der Waals surface area (Å²) in [7, 11) is -4.13. The Balaban J connectivity index is 2.66. The molecule has 0 spiro atoms. The van der Waals surface area contributed by atoms with Crippen molar-refractivity contribution in [2.24, 2.45) is 10.2 Å². The van der Waals surface area contributed by atoms with Gasteiger partial charge < -0.3 is 10.6 Å². The van der Waals surface area contributed by atoms with Crippen molar-refractivity contribution < 1.29 is 22.6 Å². The Morgan fingerprint density at radius 1 is 1.13 bits per heavy atom. The van der Waals surface area contributed by atoms with Gasteiger partial charge in [0.25, 0.3) is 21.9 Å². The lowest BCUT2D eigenvalue weighted by Gasteiger charge is -2.04. The summed E-state index contributed by atoms with van der Waals surface area (Å²) >= 11 is 0. The maximum Gasteiger partial charge on any atom is 0.266 e. The van der Waals surface area contributed by atoms with Crippen LogP contribution in [0.4, 0.5) is 5.69 Å². The van der Waals surface area contributed by atoms with E-state index in [2.05, 4.69) is 27.4 Å². The highest BCUT2D eigenvalue weighted by molar-refractivity contribution is 7.85. The van der Waals surface area contributed by atoms with Crippen LogP contribution in [0.3, 0.4) is 0 Å². The number of azo groups is 1. The number of hydrogen-bond acceptors (Lipinski definition) is 6. The summed E-state index contributed by atoms with van der Waals surface area (Å²) in [6.07, 6.45) is 5.73. The van der Waals surface area contributed by atoms with Crippen molar-refractivity contribution in [1.29, 1.82) is 0 Å². The van der Waals surface area contributed by atoms with Crippen LogP contribution < -0.4 is 10.6 Å². The van der Waals surface area contributed by atoms with Gasteiger partial charge in [-0.3, -0.25) is 14.1 Å². The monoisotopic (exact) mass is 434 g/mol. The molecule has 0 aromatic heterocycles. The fourth-order valence-corrected chi connectivity index (χ4v) is 2.35. The predicted octanol–water partition coefficient (Wildman–Crippen LogP) is 2.93. The summed E-state index contributed by atoms with van der Waals surface area (Å²) in [4.78, 5) is 23.7. The first-order chi connectivity index (χ1) is 14.2. The Kier molecular flexibility index (Phi) is 10.3. The van der Waals surface area contributed by atoms with E-state index >= 15 is 0 Å². The minimum atomic E-state index is -4.13. The lowest BCUT2D eigenvalue weighted by molar-refractivity contribution is -0.117. The van der Waals surface area contributed by atoms with Crippen molar-refractivity contribution in [2.45, 2.75) is 20.3 Å². The van der Waals surface area contributed by atoms with Crippen LogP contribution in [0.1, 0.15) is 30.6 Å². The first-order valence-electron chi connectivity index (χ1n) is 9.23. The molecule has 10 heteroatoms. The molecular formula is C20H26N4O5S. The molecule has 0 aliphatic heterocycles. The number of amides is 2. The zero-order valence-electron chi connectivity index (χ0n) is 17.0. The molecule has 0 saturated heterocycles. The summed E-state index contributed by atoms with van der Waals surface area (Å²) in [6.45, 7) is 7.83. The number of hydrogen-bond donors (Lipinski definition) is 3. The van der Waals surface area contributed by atoms with Crippen molar-refractivity contribution in [3.05, 3.63) is 65.9 Å². The third-order valence-electron chi connectivity index (χ3n) is 3.63. The smallest absolute Gasteiger partial charge is 0.266 e. The van der Waals surface area contributed by atoms with Crippen molar-refractivity contribution in [3.8, 4) is 0 Å². The van der Waals surface area contributed by atoms with E-state index in [1.807, 2.05) is 6.92 Å². The van der Waals surface area contributed by atoms with Gasteiger partial charge in [-0.1, -0.05) is 19.6 Å². The van der Waals surface area contributed by atoms with Crippen LogP contribution in [0.25, 0.3) is 0 Å². The summed E-state index contributed by atoms with van der Waals surface area (Å²) in [5.74, 6) is -1.28. The Morgan fingerprint density at radius 3 is 2.37 bits per heavy atom. The van der Waals surface area contributed by atoms with E-state index in [4.69, 9.17) is 4.55 Å². The summed E-state index contributed by atoms with van der Waals surface area (Å²) in [5.41, 5.74) is 1.63. The molecular weight excluding hydrogens is 408 g/mol. The van der Waals surface area contributed by atoms with Crippen LogP contribution in [0, 0.1) is 0 Å². The number of allylic oxidation sites excluding steroid dienone is 2. The summed E-state index contributed by atoms with van der Waals surface area (Å²) < 4.78 is 30.0. The van der Waals surface area contributed by atoms with Gasteiger partial charge in [0.15, 0.2) is 0 Å². The van der Waals surface area contributed by atoms with E-state index in [1.54, 1.807) is 37.3 Å². The molecule has 0 unspecified atom stereocenters. The third-order valence-corrected chi connectivity index (χ3v) is 4.35. The lowest BCUT2D eigenvalue weighted by Crippen LogP contribution is -2.28. The van der Waals surface area contributed by atoms with Gasteiger partial charge in [0, 0.05) is 24.2 Å². The Morgan fingerprint density at radius 2 is 1.80 bits per heavy atom. The number of benzene rings is 1. The molecule has 1 aromatic rings. The molecule has 0 bridgehead atoms. The fourth-order valence-electron chi connectivity index (χ4n) is 1.99. The SMILES string of the molecule is C=C(\C=C/C(=C\C)/N=N/c1ccc(C(=O)NCCS(=O)(=O)O)cc1)C(=O)NCCC. The maximum absolute atomic E-state index is 11.9. The highest BCUT2D eigenvalue weighted by Crippen LogP contribution is 2.15. The largest absolute Gasteiger partial charge is 0.352 e. The summed E-state index contributed by atoms with van der Waals surface area (Å²) in [6, 6.07) is 6.19. The Hall–Kier alpha value is -3.11. The minimum absolute atomic E-state index is 0.197. The van der Waals surface area contributed by atoms with Gasteiger partial charge >= 0.3 is 0 Å². The highest BCUT2D eigenvalue weighted by atomic mass is 32.2. The van der Waals surface area contributed by atoms with E-state index < -0.39 is 21.8 Å². The van der Waals surface area contributed by atoms with E-state index in [-0.39, 0.29) is 12.5 Å². The molecule has 0 fully saturated rings. The van der Waals surface area contributed by atoms with Gasteiger partial charge in [-0.05, 0) is 49.8 Å². The molecule has 0 heterocycles. The second-order valence-corrected chi connectivity index (χ2v) is 7.69. The number of nitrogens with zero attached hydrogens (tertiary/aromatic N) is 2. The van der Waals surface area contributed by atoms with E-state index in [9.17, 15) is 18.0 Å². The second-order valence-electron chi connectivity index (χ2n) is 6.12. The average molecular weight is 435 g/mol. The molecule has 162 valence electrons. The van der Waals surface area contributed by atoms with Crippen LogP contribution in [0.15, 0.2) is 70.6 Å². The Labute approximate surface area is 176 Å². The first-order valence-corrected chi connectivity index (χ1v) is 10.8. The van der Waals surface area contributed by atoms with E-state index in [0.717, 1.165) is 6.42 Å². The zero-order valence-corrected chi connectivity index (χ0v) is 17.8. The molecule has 30 heavy (non-hydrogen) atoms. The van der Waals surface area contributed by atoms with Gasteiger partial charge in [-0.15, -0.1) is 0 Å². The van der Waals surface area contributed by atoms with Gasteiger partial charge in [0.1, 0.15) is 0 Å². The van der Waals surface area contributed by atoms with Crippen LogP contribution in [0.5, 0.6) is 0 Å². The van der Waals surface area contributed by atoms with Gasteiger partial charge in [0.2, 0.25) is 0 Å². The molecule has 2 amide bonds. The predicted molar refractivity (Wildman–Crippen MR) is 115 cm³/mol. The number of carbonyl (C=O) groups is 2. The standard InChI is InChI=1S/C20H26N4O5S/c1-4-12-21-19(25)15(3)6-9-17(5-2)23-24-18-10-7-16(8-11-18)20(26)22-13-14-30(27,28)29/h5-11H,3-4,12-14H2,1-2H3,(H,21,25)(H,22,26)(H,27,28,29)/b9-6-,17-5+,24-23+. The van der Waals surface area contributed by atoms with Gasteiger partial charge in [-0.2, -0.15) is 18.6 Å². The number of carbonyl (C=O) groups excluding carboxylic acids is 2. The summed E-state index contributed by atoms with van der Waals surface area (Å²) in [5, 5.41) is 13.3. The van der Waals surface area contributed by atoms with E-state index in [0.29, 0.717) is 29.1 Å². The minimum Gasteiger partial charge on any atom is -0.352 e. The molecule has 0 atom stereocenters. The third kappa shape index (κ3) is 9.89. The van der Waals surface area contributed by atoms with Crippen molar-refractivity contribution in [1.82, 2.24) is 10.6 Å². The molecule has 0 aliphatic carbocycles. The van der Waals surface area contributed by atoms with Crippen molar-refractivity contribution in [3.63, 3.8) is 0 Å². The fraction of sp³-hybridized carbons (Fsp3) is 0.300. The molecule has 0 radical (unpaired) electrons. The maximum atomic E-state index is 11.9. The molecule has 9 nitrogen and oxygen atoms in total. The number of nitrogens with one attached hydrogen (secondary N) is 2. The molecule has 1 aromatic carbocycles. The molecule has 0 saturated carbocycles. The lowest BCUT2D eigenvalue weighted by atomic mass is 10.2. The van der Waals surface area contributed by atoms with Crippen LogP contribution >= 0.6 is 0 Å². The average Bonchev–Trinajstić information content (AvgIpc) is 2.71. The van der Waals surface area contributed by atoms with Crippen molar-refractivity contribution in [2.75, 3.05) is 18.8 Å². The molecule has 1 rings (SSSR count). The first kappa shape index (κ1) is 24.9. The number of rotatable bonds is 11. The molecule has 3 N–H and O–H groups in total. The highest BCUT2D eigenvalue weighted by Gasteiger charge is 2.08. The van der Waals surface area contributed by atoms with Crippen LogP contribution in [0.2, 0.25) is 0 Å². The quantitative estimate of drug-likeness (QED) is 0.213. The topological polar surface area (TPSA) is 137 Å². The van der Waals surface area contributed by atoms with Crippen LogP contribution in [-0.4, -0.2) is 43.6 Å². The van der Waals surface area contributed by atoms with Crippen molar-refractivity contribution >= 4 is 27.6 Å². The Bertz CT molecular complexity index is 948.